The summed E-state index contributed by atoms with van der Waals surface area (Å²) in [5.74, 6) is -1.96. The number of benzene rings is 4. The molecule has 0 radical (unpaired) electrons. The van der Waals surface area contributed by atoms with Crippen molar-refractivity contribution < 1.29 is 28.7 Å². The van der Waals surface area contributed by atoms with Gasteiger partial charge in [-0.3, -0.25) is 19.4 Å². The fourth-order valence-corrected chi connectivity index (χ4v) is 6.08. The molecule has 10 nitrogen and oxygen atoms in total. The van der Waals surface area contributed by atoms with Crippen LogP contribution < -0.4 is 19.6 Å². The third-order valence-electron chi connectivity index (χ3n) is 8.76. The van der Waals surface area contributed by atoms with Crippen molar-refractivity contribution in [1.29, 1.82) is 0 Å². The quantitative estimate of drug-likeness (QED) is 0.209. The zero-order valence-corrected chi connectivity index (χ0v) is 28.8. The molecule has 0 spiro atoms. The fourth-order valence-electron chi connectivity index (χ4n) is 6.08. The number of amides is 2. The van der Waals surface area contributed by atoms with Crippen molar-refractivity contribution >= 4 is 46.5 Å². The molecule has 0 saturated carbocycles. The first-order valence-electron chi connectivity index (χ1n) is 16.1. The SMILES string of the molecule is Cc1cc(-c2ccc(N3C(=O)C=CC(=O)OC3c3ccc(N(C)C)cc3)c(C)c2)ccc1N1C(=O)C=CC(=O)OC1c1ccc(N(C)C)cc1. The summed E-state index contributed by atoms with van der Waals surface area (Å²) in [6, 6.07) is 26.5. The molecule has 10 heteroatoms. The molecule has 6 rings (SSSR count). The van der Waals surface area contributed by atoms with Crippen molar-refractivity contribution in [1.82, 2.24) is 0 Å². The minimum atomic E-state index is -0.964. The molecule has 4 aromatic carbocycles. The molecule has 0 fully saturated rings. The monoisotopic (exact) mass is 670 g/mol. The molecule has 0 bridgehead atoms. The van der Waals surface area contributed by atoms with Gasteiger partial charge >= 0.3 is 11.9 Å². The summed E-state index contributed by atoms with van der Waals surface area (Å²) in [4.78, 5) is 58.8. The van der Waals surface area contributed by atoms with E-state index >= 15 is 0 Å². The third kappa shape index (κ3) is 6.73. The molecule has 254 valence electrons. The maximum absolute atomic E-state index is 13.4. The van der Waals surface area contributed by atoms with Crippen LogP contribution in [0.1, 0.15) is 34.7 Å². The number of carbonyl (C=O) groups is 4. The summed E-state index contributed by atoms with van der Waals surface area (Å²) >= 11 is 0. The first-order valence-corrected chi connectivity index (χ1v) is 16.1. The maximum atomic E-state index is 13.4. The Labute approximate surface area is 291 Å². The molecule has 2 unspecified atom stereocenters. The molecule has 0 aliphatic carbocycles. The molecule has 0 N–H and O–H groups in total. The summed E-state index contributed by atoms with van der Waals surface area (Å²) < 4.78 is 11.5. The van der Waals surface area contributed by atoms with E-state index in [9.17, 15) is 19.2 Å². The van der Waals surface area contributed by atoms with E-state index in [2.05, 4.69) is 0 Å². The molecule has 2 aliphatic rings. The van der Waals surface area contributed by atoms with Gasteiger partial charge in [0.1, 0.15) is 0 Å². The lowest BCUT2D eigenvalue weighted by Crippen LogP contribution is -2.35. The molecular formula is C40H38N4O6. The van der Waals surface area contributed by atoms with Gasteiger partial charge < -0.3 is 19.3 Å². The molecular weight excluding hydrogens is 632 g/mol. The standard InChI is InChI=1S/C40H38N4O6/c1-25-23-29(11-17-33(25)43-35(45)19-21-37(47)49-39(43)27-7-13-31(14-8-27)41(3)4)30-12-18-34(26(2)24-30)44-36(46)20-22-38(48)50-40(44)28-9-15-32(16-10-28)42(5)6/h7-24,39-40H,1-6H3. The zero-order chi connectivity index (χ0) is 35.7. The largest absolute Gasteiger partial charge is 0.434 e. The first-order chi connectivity index (χ1) is 23.9. The van der Waals surface area contributed by atoms with E-state index in [1.54, 1.807) is 0 Å². The van der Waals surface area contributed by atoms with E-state index < -0.39 is 24.4 Å². The summed E-state index contributed by atoms with van der Waals surface area (Å²) in [6.07, 6.45) is 2.82. The van der Waals surface area contributed by atoms with E-state index in [4.69, 9.17) is 9.47 Å². The Morgan fingerprint density at radius 1 is 0.500 bits per heavy atom. The van der Waals surface area contributed by atoms with Gasteiger partial charge in [-0.1, -0.05) is 36.4 Å². The Hall–Kier alpha value is -6.16. The fraction of sp³-hybridized carbons (Fsp3) is 0.200. The third-order valence-corrected chi connectivity index (χ3v) is 8.76. The molecule has 2 atom stereocenters. The van der Waals surface area contributed by atoms with Crippen molar-refractivity contribution in [3.63, 3.8) is 0 Å². The topological polar surface area (TPSA) is 99.7 Å². The van der Waals surface area contributed by atoms with Crippen LogP contribution in [0.2, 0.25) is 0 Å². The number of hydrogen-bond donors (Lipinski definition) is 0. The van der Waals surface area contributed by atoms with Gasteiger partial charge in [-0.05, 0) is 84.6 Å². The highest BCUT2D eigenvalue weighted by atomic mass is 16.6. The summed E-state index contributed by atoms with van der Waals surface area (Å²) in [6.45, 7) is 3.80. The van der Waals surface area contributed by atoms with Crippen LogP contribution in [0.25, 0.3) is 11.1 Å². The van der Waals surface area contributed by atoms with E-state index in [0.717, 1.165) is 45.8 Å². The number of ether oxygens (including phenoxy) is 2. The predicted molar refractivity (Wildman–Crippen MR) is 194 cm³/mol. The molecule has 2 aliphatic heterocycles. The highest BCUT2D eigenvalue weighted by Gasteiger charge is 2.34. The first kappa shape index (κ1) is 33.7. The average molecular weight is 671 g/mol. The highest BCUT2D eigenvalue weighted by molar-refractivity contribution is 6.07. The number of nitrogens with zero attached hydrogens (tertiary/aromatic N) is 4. The number of hydrogen-bond acceptors (Lipinski definition) is 8. The number of cyclic esters (lactones) is 2. The zero-order valence-electron chi connectivity index (χ0n) is 28.8. The molecule has 4 aromatic rings. The van der Waals surface area contributed by atoms with Crippen LogP contribution in [0, 0.1) is 13.8 Å². The van der Waals surface area contributed by atoms with Gasteiger partial charge in [0.05, 0.1) is 11.4 Å². The van der Waals surface area contributed by atoms with E-state index in [0.29, 0.717) is 22.5 Å². The van der Waals surface area contributed by atoms with Crippen LogP contribution >= 0.6 is 0 Å². The van der Waals surface area contributed by atoms with Crippen molar-refractivity contribution in [2.75, 3.05) is 47.8 Å². The minimum Gasteiger partial charge on any atom is -0.434 e. The van der Waals surface area contributed by atoms with Crippen LogP contribution in [0.5, 0.6) is 0 Å². The number of anilines is 4. The van der Waals surface area contributed by atoms with Crippen LogP contribution in [0.15, 0.2) is 109 Å². The molecule has 2 amide bonds. The van der Waals surface area contributed by atoms with Gasteiger partial charge in [-0.15, -0.1) is 0 Å². The number of carbonyl (C=O) groups excluding carboxylic acids is 4. The second-order valence-corrected chi connectivity index (χ2v) is 12.6. The van der Waals surface area contributed by atoms with Gasteiger partial charge in [0.25, 0.3) is 11.8 Å². The second kappa shape index (κ2) is 13.8. The van der Waals surface area contributed by atoms with Gasteiger partial charge in [0, 0.05) is 75.0 Å². The van der Waals surface area contributed by atoms with Crippen LogP contribution in [0.3, 0.4) is 0 Å². The minimum absolute atomic E-state index is 0.378. The molecule has 0 aromatic heterocycles. The van der Waals surface area contributed by atoms with E-state index in [1.807, 2.05) is 137 Å². The molecule has 0 saturated heterocycles. The van der Waals surface area contributed by atoms with Crippen molar-refractivity contribution in [3.05, 3.63) is 131 Å². The Morgan fingerprint density at radius 2 is 0.860 bits per heavy atom. The molecule has 2 heterocycles. The van der Waals surface area contributed by atoms with E-state index in [-0.39, 0.29) is 11.8 Å². The van der Waals surface area contributed by atoms with Gasteiger partial charge in [0.15, 0.2) is 0 Å². The smallest absolute Gasteiger partial charge is 0.333 e. The van der Waals surface area contributed by atoms with Crippen LogP contribution in [0.4, 0.5) is 22.7 Å². The summed E-state index contributed by atoms with van der Waals surface area (Å²) in [5.41, 5.74) is 7.80. The van der Waals surface area contributed by atoms with Crippen molar-refractivity contribution in [2.45, 2.75) is 26.3 Å². The van der Waals surface area contributed by atoms with E-state index in [1.165, 1.54) is 22.0 Å². The lowest BCUT2D eigenvalue weighted by Gasteiger charge is -2.31. The lowest BCUT2D eigenvalue weighted by atomic mass is 9.98. The number of esters is 2. The van der Waals surface area contributed by atoms with Gasteiger partial charge in [-0.25, -0.2) is 9.59 Å². The maximum Gasteiger partial charge on any atom is 0.333 e. The van der Waals surface area contributed by atoms with Gasteiger partial charge in [-0.2, -0.15) is 0 Å². The molecule has 50 heavy (non-hydrogen) atoms. The van der Waals surface area contributed by atoms with Crippen molar-refractivity contribution in [2.24, 2.45) is 0 Å². The Balaban J connectivity index is 1.33. The Kier molecular flexibility index (Phi) is 9.28. The summed E-state index contributed by atoms with van der Waals surface area (Å²) in [5, 5.41) is 0. The Morgan fingerprint density at radius 3 is 1.18 bits per heavy atom. The number of aryl methyl sites for hydroxylation is 2. The summed E-state index contributed by atoms with van der Waals surface area (Å²) in [7, 11) is 7.74. The average Bonchev–Trinajstić information content (AvgIpc) is 3.34. The van der Waals surface area contributed by atoms with Crippen LogP contribution in [-0.4, -0.2) is 51.9 Å². The second-order valence-electron chi connectivity index (χ2n) is 12.6. The normalized spacial score (nSPS) is 17.6. The lowest BCUT2D eigenvalue weighted by molar-refractivity contribution is -0.144. The van der Waals surface area contributed by atoms with Crippen molar-refractivity contribution in [3.8, 4) is 11.1 Å². The Bertz CT molecular complexity index is 1890. The highest BCUT2D eigenvalue weighted by Crippen LogP contribution is 2.38. The van der Waals surface area contributed by atoms with Crippen LogP contribution in [-0.2, 0) is 28.7 Å². The predicted octanol–water partition coefficient (Wildman–Crippen LogP) is 6.39. The number of rotatable bonds is 7. The van der Waals surface area contributed by atoms with Gasteiger partial charge in [0.2, 0.25) is 12.5 Å².